The van der Waals surface area contributed by atoms with Gasteiger partial charge in [-0.2, -0.15) is 0 Å². The molecule has 0 aromatic heterocycles. The van der Waals surface area contributed by atoms with E-state index in [4.69, 9.17) is 4.74 Å². The molecule has 18 heavy (non-hydrogen) atoms. The van der Waals surface area contributed by atoms with Crippen LogP contribution in [0.2, 0.25) is 0 Å². The summed E-state index contributed by atoms with van der Waals surface area (Å²) in [6.45, 7) is 11.4. The molecule has 102 valence electrons. The molecule has 0 bridgehead atoms. The first-order chi connectivity index (χ1) is 8.29. The minimum Gasteiger partial charge on any atom is -0.369 e. The number of nitrogens with one attached hydrogen (secondary N) is 1. The van der Waals surface area contributed by atoms with Gasteiger partial charge in [0.15, 0.2) is 0 Å². The first-order valence-electron chi connectivity index (χ1n) is 6.44. The number of hydrogen-bond acceptors (Lipinski definition) is 2. The molecule has 1 aromatic rings. The van der Waals surface area contributed by atoms with Crippen LogP contribution in [0.15, 0.2) is 28.7 Å². The Morgan fingerprint density at radius 2 is 1.83 bits per heavy atom. The molecule has 0 aliphatic rings. The Labute approximate surface area is 119 Å². The van der Waals surface area contributed by atoms with Gasteiger partial charge < -0.3 is 10.1 Å². The van der Waals surface area contributed by atoms with Gasteiger partial charge in [0, 0.05) is 16.6 Å². The van der Waals surface area contributed by atoms with Crippen molar-refractivity contribution in [1.82, 2.24) is 5.32 Å². The number of benzene rings is 1. The van der Waals surface area contributed by atoms with Gasteiger partial charge in [-0.25, -0.2) is 0 Å². The maximum atomic E-state index is 6.02. The summed E-state index contributed by atoms with van der Waals surface area (Å²) in [7, 11) is 0. The molecule has 0 radical (unpaired) electrons. The molecule has 1 atom stereocenters. The third-order valence-electron chi connectivity index (χ3n) is 2.51. The Bertz CT molecular complexity index is 371. The zero-order chi connectivity index (χ0) is 13.8. The molecule has 0 aliphatic carbocycles. The summed E-state index contributed by atoms with van der Waals surface area (Å²) in [5.41, 5.74) is 1.29. The minimum absolute atomic E-state index is 0.0693. The van der Waals surface area contributed by atoms with Crippen LogP contribution in [0.4, 0.5) is 0 Å². The molecule has 0 saturated carbocycles. The van der Waals surface area contributed by atoms with Crippen LogP contribution in [0, 0.1) is 0 Å². The standard InChI is InChI=1S/C15H24BrNO/c1-11(2)18-14(10-17-15(3,4)5)12-8-6-7-9-13(12)16/h6-9,11,14,17H,10H2,1-5H3. The summed E-state index contributed by atoms with van der Waals surface area (Å²) in [5.74, 6) is 0. The van der Waals surface area contributed by atoms with Crippen LogP contribution in [0.5, 0.6) is 0 Å². The zero-order valence-corrected chi connectivity index (χ0v) is 13.5. The van der Waals surface area contributed by atoms with Crippen molar-refractivity contribution in [2.24, 2.45) is 0 Å². The van der Waals surface area contributed by atoms with E-state index in [1.165, 1.54) is 5.56 Å². The molecule has 1 rings (SSSR count). The molecule has 0 amide bonds. The molecule has 0 saturated heterocycles. The highest BCUT2D eigenvalue weighted by Gasteiger charge is 2.19. The van der Waals surface area contributed by atoms with Gasteiger partial charge in [-0.1, -0.05) is 34.1 Å². The average molecular weight is 314 g/mol. The SMILES string of the molecule is CC(C)OC(CNC(C)(C)C)c1ccccc1Br. The fraction of sp³-hybridized carbons (Fsp3) is 0.600. The van der Waals surface area contributed by atoms with Crippen molar-refractivity contribution in [3.8, 4) is 0 Å². The normalized spacial score (nSPS) is 13.9. The molecule has 3 heteroatoms. The second kappa shape index (κ2) is 6.69. The lowest BCUT2D eigenvalue weighted by molar-refractivity contribution is 0.00366. The lowest BCUT2D eigenvalue weighted by atomic mass is 10.1. The van der Waals surface area contributed by atoms with Gasteiger partial charge >= 0.3 is 0 Å². The predicted molar refractivity (Wildman–Crippen MR) is 80.9 cm³/mol. The smallest absolute Gasteiger partial charge is 0.0963 e. The topological polar surface area (TPSA) is 21.3 Å². The Kier molecular flexibility index (Phi) is 5.83. The van der Waals surface area contributed by atoms with Gasteiger partial charge in [-0.3, -0.25) is 0 Å². The van der Waals surface area contributed by atoms with Crippen molar-refractivity contribution in [2.45, 2.75) is 52.4 Å². The fourth-order valence-corrected chi connectivity index (χ4v) is 2.24. The summed E-state index contributed by atoms with van der Waals surface area (Å²) in [6, 6.07) is 8.25. The van der Waals surface area contributed by atoms with Crippen molar-refractivity contribution in [3.05, 3.63) is 34.3 Å². The van der Waals surface area contributed by atoms with Crippen molar-refractivity contribution in [2.75, 3.05) is 6.54 Å². The maximum Gasteiger partial charge on any atom is 0.0963 e. The second-order valence-electron chi connectivity index (χ2n) is 5.83. The first-order valence-corrected chi connectivity index (χ1v) is 7.24. The van der Waals surface area contributed by atoms with Gasteiger partial charge in [0.25, 0.3) is 0 Å². The van der Waals surface area contributed by atoms with E-state index in [2.05, 4.69) is 68.0 Å². The van der Waals surface area contributed by atoms with Crippen LogP contribution in [-0.4, -0.2) is 18.2 Å². The highest BCUT2D eigenvalue weighted by Crippen LogP contribution is 2.26. The average Bonchev–Trinajstić information content (AvgIpc) is 2.23. The van der Waals surface area contributed by atoms with Crippen LogP contribution in [0.25, 0.3) is 0 Å². The number of hydrogen-bond donors (Lipinski definition) is 1. The Balaban J connectivity index is 2.82. The van der Waals surface area contributed by atoms with E-state index in [0.717, 1.165) is 11.0 Å². The third-order valence-corrected chi connectivity index (χ3v) is 3.23. The maximum absolute atomic E-state index is 6.02. The monoisotopic (exact) mass is 313 g/mol. The predicted octanol–water partition coefficient (Wildman–Crippen LogP) is 4.30. The number of halogens is 1. The molecule has 1 unspecified atom stereocenters. The van der Waals surface area contributed by atoms with Crippen molar-refractivity contribution in [1.29, 1.82) is 0 Å². The zero-order valence-electron chi connectivity index (χ0n) is 12.0. The summed E-state index contributed by atoms with van der Waals surface area (Å²) < 4.78 is 7.12. The van der Waals surface area contributed by atoms with E-state index in [9.17, 15) is 0 Å². The van der Waals surface area contributed by atoms with Gasteiger partial charge in [-0.05, 0) is 46.2 Å². The van der Waals surface area contributed by atoms with Crippen LogP contribution < -0.4 is 5.32 Å². The van der Waals surface area contributed by atoms with Crippen molar-refractivity contribution >= 4 is 15.9 Å². The Morgan fingerprint density at radius 1 is 1.22 bits per heavy atom. The van der Waals surface area contributed by atoms with Gasteiger partial charge in [0.2, 0.25) is 0 Å². The van der Waals surface area contributed by atoms with Crippen LogP contribution in [0.1, 0.15) is 46.3 Å². The highest BCUT2D eigenvalue weighted by molar-refractivity contribution is 9.10. The van der Waals surface area contributed by atoms with E-state index in [1.54, 1.807) is 0 Å². The Hall–Kier alpha value is -0.380. The van der Waals surface area contributed by atoms with Crippen molar-refractivity contribution < 1.29 is 4.74 Å². The molecular weight excluding hydrogens is 290 g/mol. The van der Waals surface area contributed by atoms with Crippen molar-refractivity contribution in [3.63, 3.8) is 0 Å². The molecule has 2 nitrogen and oxygen atoms in total. The summed E-state index contributed by atoms with van der Waals surface area (Å²) >= 11 is 3.60. The summed E-state index contributed by atoms with van der Waals surface area (Å²) in [6.07, 6.45) is 0.281. The highest BCUT2D eigenvalue weighted by atomic mass is 79.9. The van der Waals surface area contributed by atoms with Gasteiger partial charge in [0.1, 0.15) is 0 Å². The molecular formula is C15H24BrNO. The Morgan fingerprint density at radius 3 is 2.33 bits per heavy atom. The third kappa shape index (κ3) is 5.51. The van der Waals surface area contributed by atoms with E-state index < -0.39 is 0 Å². The molecule has 1 aromatic carbocycles. The van der Waals surface area contributed by atoms with E-state index in [1.807, 2.05) is 12.1 Å². The molecule has 0 aliphatic heterocycles. The molecule has 0 heterocycles. The molecule has 0 spiro atoms. The quantitative estimate of drug-likeness (QED) is 0.875. The number of ether oxygens (including phenoxy) is 1. The summed E-state index contributed by atoms with van der Waals surface area (Å²) in [5, 5.41) is 3.51. The van der Waals surface area contributed by atoms with E-state index in [-0.39, 0.29) is 17.7 Å². The van der Waals surface area contributed by atoms with E-state index >= 15 is 0 Å². The minimum atomic E-state index is 0.0693. The lowest BCUT2D eigenvalue weighted by Crippen LogP contribution is -2.39. The van der Waals surface area contributed by atoms with Gasteiger partial charge in [0.05, 0.1) is 12.2 Å². The fourth-order valence-electron chi connectivity index (χ4n) is 1.70. The van der Waals surface area contributed by atoms with Gasteiger partial charge in [-0.15, -0.1) is 0 Å². The van der Waals surface area contributed by atoms with Crippen LogP contribution >= 0.6 is 15.9 Å². The molecule has 0 fully saturated rings. The number of rotatable bonds is 5. The van der Waals surface area contributed by atoms with E-state index in [0.29, 0.717) is 0 Å². The van der Waals surface area contributed by atoms with Crippen LogP contribution in [0.3, 0.4) is 0 Å². The first kappa shape index (κ1) is 15.7. The summed E-state index contributed by atoms with van der Waals surface area (Å²) in [4.78, 5) is 0. The lowest BCUT2D eigenvalue weighted by Gasteiger charge is -2.27. The largest absolute Gasteiger partial charge is 0.369 e. The second-order valence-corrected chi connectivity index (χ2v) is 6.68. The van der Waals surface area contributed by atoms with Crippen LogP contribution in [-0.2, 0) is 4.74 Å². The molecule has 1 N–H and O–H groups in total.